The molecule has 3 heteroatoms. The molecule has 0 radical (unpaired) electrons. The van der Waals surface area contributed by atoms with Crippen molar-refractivity contribution in [3.05, 3.63) is 24.3 Å². The van der Waals surface area contributed by atoms with Crippen molar-refractivity contribution in [3.8, 4) is 0 Å². The van der Waals surface area contributed by atoms with Gasteiger partial charge in [-0.15, -0.1) is 0 Å². The lowest BCUT2D eigenvalue weighted by molar-refractivity contribution is -0.161. The molecule has 1 aliphatic rings. The zero-order valence-electron chi connectivity index (χ0n) is 5.66. The number of ether oxygens (including phenoxy) is 2. The van der Waals surface area contributed by atoms with E-state index in [-0.39, 0.29) is 5.97 Å². The van der Waals surface area contributed by atoms with Gasteiger partial charge in [0.2, 0.25) is 6.29 Å². The average molecular weight is 140 g/mol. The van der Waals surface area contributed by atoms with Crippen molar-refractivity contribution >= 4 is 5.97 Å². The van der Waals surface area contributed by atoms with E-state index in [4.69, 9.17) is 9.47 Å². The minimum atomic E-state index is -0.600. The Bertz CT molecular complexity index is 193. The van der Waals surface area contributed by atoms with Crippen LogP contribution in [0, 0.1) is 0 Å². The number of cyclic esters (lactones) is 1. The van der Waals surface area contributed by atoms with Crippen LogP contribution in [0.5, 0.6) is 0 Å². The lowest BCUT2D eigenvalue weighted by Gasteiger charge is -2.18. The van der Waals surface area contributed by atoms with Gasteiger partial charge in [0.1, 0.15) is 0 Å². The Morgan fingerprint density at radius 3 is 2.90 bits per heavy atom. The van der Waals surface area contributed by atoms with E-state index in [2.05, 4.69) is 6.58 Å². The molecule has 0 bridgehead atoms. The van der Waals surface area contributed by atoms with Crippen LogP contribution < -0.4 is 0 Å². The summed E-state index contributed by atoms with van der Waals surface area (Å²) in [6.45, 7) is 3.61. The first-order chi connectivity index (χ1) is 4.74. The number of esters is 1. The molecule has 1 heterocycles. The molecule has 10 heavy (non-hydrogen) atoms. The Morgan fingerprint density at radius 1 is 1.70 bits per heavy atom. The summed E-state index contributed by atoms with van der Waals surface area (Å²) >= 11 is 0. The van der Waals surface area contributed by atoms with Crippen LogP contribution in [0.1, 0.15) is 0 Å². The summed E-state index contributed by atoms with van der Waals surface area (Å²) in [6, 6.07) is 0. The van der Waals surface area contributed by atoms with Crippen LogP contribution in [-0.4, -0.2) is 19.4 Å². The zero-order valence-corrected chi connectivity index (χ0v) is 5.66. The maximum atomic E-state index is 10.5. The van der Waals surface area contributed by atoms with E-state index in [1.54, 1.807) is 6.08 Å². The van der Waals surface area contributed by atoms with E-state index >= 15 is 0 Å². The van der Waals surface area contributed by atoms with Gasteiger partial charge in [-0.25, -0.2) is 4.79 Å². The number of hydrogen-bond donors (Lipinski definition) is 0. The van der Waals surface area contributed by atoms with E-state index in [0.717, 1.165) is 0 Å². The smallest absolute Gasteiger partial charge is 0.333 e. The van der Waals surface area contributed by atoms with Crippen LogP contribution >= 0.6 is 0 Å². The number of carbonyl (C=O) groups excluding carboxylic acids is 1. The molecule has 0 saturated carbocycles. The highest BCUT2D eigenvalue weighted by molar-refractivity contribution is 5.84. The van der Waals surface area contributed by atoms with Gasteiger partial charge in [0.25, 0.3) is 0 Å². The van der Waals surface area contributed by atoms with Gasteiger partial charge < -0.3 is 9.47 Å². The van der Waals surface area contributed by atoms with Gasteiger partial charge in [0.15, 0.2) is 0 Å². The fourth-order valence-corrected chi connectivity index (χ4v) is 0.674. The highest BCUT2D eigenvalue weighted by atomic mass is 16.7. The minimum Gasteiger partial charge on any atom is -0.428 e. The first-order valence-electron chi connectivity index (χ1n) is 2.84. The van der Waals surface area contributed by atoms with Gasteiger partial charge in [0, 0.05) is 18.8 Å². The van der Waals surface area contributed by atoms with Crippen molar-refractivity contribution in [1.29, 1.82) is 0 Å². The van der Waals surface area contributed by atoms with Gasteiger partial charge in [-0.1, -0.05) is 6.58 Å². The molecule has 0 aromatic carbocycles. The fraction of sp³-hybridized carbons (Fsp3) is 0.286. The quantitative estimate of drug-likeness (QED) is 0.501. The van der Waals surface area contributed by atoms with E-state index in [9.17, 15) is 4.79 Å². The predicted octanol–water partition coefficient (Wildman–Crippen LogP) is 0.628. The first kappa shape index (κ1) is 7.02. The molecule has 0 spiro atoms. The van der Waals surface area contributed by atoms with Crippen LogP contribution in [0.3, 0.4) is 0 Å². The number of carbonyl (C=O) groups is 1. The van der Waals surface area contributed by atoms with E-state index < -0.39 is 6.29 Å². The molecule has 3 nitrogen and oxygen atoms in total. The Morgan fingerprint density at radius 2 is 2.40 bits per heavy atom. The summed E-state index contributed by atoms with van der Waals surface area (Å²) in [4.78, 5) is 10.5. The summed E-state index contributed by atoms with van der Waals surface area (Å²) in [7, 11) is 1.46. The molecule has 0 saturated heterocycles. The van der Waals surface area contributed by atoms with Crippen molar-refractivity contribution in [2.24, 2.45) is 0 Å². The third-order valence-corrected chi connectivity index (χ3v) is 1.17. The summed E-state index contributed by atoms with van der Waals surface area (Å²) in [6.07, 6.45) is 2.30. The fourth-order valence-electron chi connectivity index (χ4n) is 0.674. The van der Waals surface area contributed by atoms with E-state index in [0.29, 0.717) is 5.57 Å². The molecule has 0 aromatic rings. The number of methoxy groups -OCH3 is 1. The Balaban J connectivity index is 2.71. The second-order valence-electron chi connectivity index (χ2n) is 1.91. The molecular weight excluding hydrogens is 132 g/mol. The SMILES string of the molecule is C=C1C=CC(=O)OC1OC. The largest absolute Gasteiger partial charge is 0.428 e. The van der Waals surface area contributed by atoms with Gasteiger partial charge in [-0.05, 0) is 6.08 Å². The van der Waals surface area contributed by atoms with E-state index in [1.807, 2.05) is 0 Å². The average Bonchev–Trinajstić information content (AvgIpc) is 1.94. The summed E-state index contributed by atoms with van der Waals surface area (Å²) in [5.41, 5.74) is 0.655. The van der Waals surface area contributed by atoms with Crippen LogP contribution in [0.4, 0.5) is 0 Å². The van der Waals surface area contributed by atoms with Gasteiger partial charge >= 0.3 is 5.97 Å². The summed E-state index contributed by atoms with van der Waals surface area (Å²) in [5.74, 6) is -0.390. The Labute approximate surface area is 58.9 Å². The van der Waals surface area contributed by atoms with Gasteiger partial charge in [-0.3, -0.25) is 0 Å². The molecule has 1 aliphatic heterocycles. The Kier molecular flexibility index (Phi) is 1.87. The standard InChI is InChI=1S/C7H8O3/c1-5-3-4-6(8)10-7(5)9-2/h3-4,7H,1H2,2H3. The van der Waals surface area contributed by atoms with Crippen molar-refractivity contribution in [2.75, 3.05) is 7.11 Å². The third-order valence-electron chi connectivity index (χ3n) is 1.17. The van der Waals surface area contributed by atoms with Crippen LogP contribution in [0.15, 0.2) is 24.3 Å². The Hall–Kier alpha value is -1.09. The van der Waals surface area contributed by atoms with Gasteiger partial charge in [0.05, 0.1) is 0 Å². The maximum Gasteiger partial charge on any atom is 0.333 e. The minimum absolute atomic E-state index is 0.390. The van der Waals surface area contributed by atoms with E-state index in [1.165, 1.54) is 13.2 Å². The van der Waals surface area contributed by atoms with Crippen molar-refractivity contribution in [2.45, 2.75) is 6.29 Å². The molecule has 1 unspecified atom stereocenters. The summed E-state index contributed by atoms with van der Waals surface area (Å²) < 4.78 is 9.48. The number of hydrogen-bond acceptors (Lipinski definition) is 3. The lowest BCUT2D eigenvalue weighted by atomic mass is 10.2. The second kappa shape index (κ2) is 2.66. The number of rotatable bonds is 1. The van der Waals surface area contributed by atoms with Crippen LogP contribution in [-0.2, 0) is 14.3 Å². The normalized spacial score (nSPS) is 24.7. The topological polar surface area (TPSA) is 35.5 Å². The van der Waals surface area contributed by atoms with Gasteiger partial charge in [-0.2, -0.15) is 0 Å². The van der Waals surface area contributed by atoms with Crippen molar-refractivity contribution in [3.63, 3.8) is 0 Å². The molecule has 0 N–H and O–H groups in total. The molecule has 54 valence electrons. The second-order valence-corrected chi connectivity index (χ2v) is 1.91. The molecule has 0 fully saturated rings. The van der Waals surface area contributed by atoms with Crippen LogP contribution in [0.2, 0.25) is 0 Å². The molecule has 1 atom stereocenters. The predicted molar refractivity (Wildman–Crippen MR) is 35.2 cm³/mol. The molecule has 1 rings (SSSR count). The van der Waals surface area contributed by atoms with Crippen LogP contribution in [0.25, 0.3) is 0 Å². The monoisotopic (exact) mass is 140 g/mol. The first-order valence-corrected chi connectivity index (χ1v) is 2.84. The third kappa shape index (κ3) is 1.25. The van der Waals surface area contributed by atoms with Crippen molar-refractivity contribution < 1.29 is 14.3 Å². The molecular formula is C7H8O3. The lowest BCUT2D eigenvalue weighted by Crippen LogP contribution is -2.23. The zero-order chi connectivity index (χ0) is 7.56. The summed E-state index contributed by atoms with van der Waals surface area (Å²) in [5, 5.41) is 0. The van der Waals surface area contributed by atoms with Crippen molar-refractivity contribution in [1.82, 2.24) is 0 Å². The highest BCUT2D eigenvalue weighted by Gasteiger charge is 2.17. The maximum absolute atomic E-state index is 10.5. The molecule has 0 aliphatic carbocycles. The molecule has 0 amide bonds. The molecule has 0 aromatic heterocycles. The highest BCUT2D eigenvalue weighted by Crippen LogP contribution is 2.12.